The van der Waals surface area contributed by atoms with E-state index in [1.165, 1.54) is 0 Å². The number of anilines is 1. The van der Waals surface area contributed by atoms with Crippen molar-refractivity contribution in [1.82, 2.24) is 5.32 Å². The summed E-state index contributed by atoms with van der Waals surface area (Å²) in [4.78, 5) is 22.8. The molecule has 0 fully saturated rings. The van der Waals surface area contributed by atoms with Gasteiger partial charge in [0, 0.05) is 12.2 Å². The summed E-state index contributed by atoms with van der Waals surface area (Å²) in [5.74, 6) is -0.0701. The van der Waals surface area contributed by atoms with Crippen LogP contribution in [0.4, 0.5) is 5.69 Å². The molecule has 1 atom stereocenters. The van der Waals surface area contributed by atoms with Crippen LogP contribution in [0.3, 0.4) is 0 Å². The maximum atomic E-state index is 11.5. The molecule has 19 heavy (non-hydrogen) atoms. The molecule has 0 bridgehead atoms. The van der Waals surface area contributed by atoms with E-state index in [9.17, 15) is 9.59 Å². The van der Waals surface area contributed by atoms with Crippen LogP contribution in [0.1, 0.15) is 13.3 Å². The van der Waals surface area contributed by atoms with Crippen molar-refractivity contribution < 1.29 is 14.3 Å². The normalized spacial score (nSPS) is 11.5. The number of hydrogen-bond acceptors (Lipinski definition) is 4. The van der Waals surface area contributed by atoms with Crippen molar-refractivity contribution in [2.24, 2.45) is 5.73 Å². The topological polar surface area (TPSA) is 93.4 Å². The lowest BCUT2D eigenvalue weighted by Crippen LogP contribution is -2.40. The molecule has 0 spiro atoms. The van der Waals surface area contributed by atoms with Gasteiger partial charge < -0.3 is 21.1 Å². The van der Waals surface area contributed by atoms with Crippen molar-refractivity contribution in [2.45, 2.75) is 19.4 Å². The van der Waals surface area contributed by atoms with Crippen molar-refractivity contribution in [1.29, 1.82) is 0 Å². The van der Waals surface area contributed by atoms with E-state index < -0.39 is 11.9 Å². The SMILES string of the molecule is CCNC(=O)CC(Nc1ccc(OC)cc1)C(N)=O. The number of carbonyl (C=O) groups excluding carboxylic acids is 2. The highest BCUT2D eigenvalue weighted by atomic mass is 16.5. The van der Waals surface area contributed by atoms with E-state index in [4.69, 9.17) is 10.5 Å². The Morgan fingerprint density at radius 1 is 1.32 bits per heavy atom. The van der Waals surface area contributed by atoms with Gasteiger partial charge in [-0.15, -0.1) is 0 Å². The number of carbonyl (C=O) groups is 2. The summed E-state index contributed by atoms with van der Waals surface area (Å²) in [6.07, 6.45) is 0.00913. The molecule has 0 aliphatic carbocycles. The molecule has 4 N–H and O–H groups in total. The summed E-state index contributed by atoms with van der Waals surface area (Å²) in [7, 11) is 1.57. The van der Waals surface area contributed by atoms with Crippen molar-refractivity contribution in [3.63, 3.8) is 0 Å². The minimum atomic E-state index is -0.736. The Labute approximate surface area is 112 Å². The Bertz CT molecular complexity index is 431. The van der Waals surface area contributed by atoms with Crippen LogP contribution in [0.25, 0.3) is 0 Å². The Morgan fingerprint density at radius 2 is 1.95 bits per heavy atom. The summed E-state index contributed by atoms with van der Waals surface area (Å²) >= 11 is 0. The van der Waals surface area contributed by atoms with Gasteiger partial charge >= 0.3 is 0 Å². The lowest BCUT2D eigenvalue weighted by Gasteiger charge is -2.16. The van der Waals surface area contributed by atoms with Gasteiger partial charge in [0.1, 0.15) is 11.8 Å². The number of nitrogens with two attached hydrogens (primary N) is 1. The van der Waals surface area contributed by atoms with E-state index in [2.05, 4.69) is 10.6 Å². The first-order valence-electron chi connectivity index (χ1n) is 6.03. The third-order valence-corrected chi connectivity index (χ3v) is 2.54. The minimum absolute atomic E-state index is 0.00913. The van der Waals surface area contributed by atoms with Gasteiger partial charge in [-0.3, -0.25) is 9.59 Å². The van der Waals surface area contributed by atoms with Crippen LogP contribution in [0.2, 0.25) is 0 Å². The first-order chi connectivity index (χ1) is 9.06. The highest BCUT2D eigenvalue weighted by Gasteiger charge is 2.18. The average molecular weight is 265 g/mol. The second-order valence-electron chi connectivity index (χ2n) is 3.99. The Balaban J connectivity index is 2.66. The summed E-state index contributed by atoms with van der Waals surface area (Å²) in [6.45, 7) is 2.33. The number of methoxy groups -OCH3 is 1. The summed E-state index contributed by atoms with van der Waals surface area (Å²) in [6, 6.07) is 6.29. The summed E-state index contributed by atoms with van der Waals surface area (Å²) < 4.78 is 5.03. The molecule has 0 saturated carbocycles. The van der Waals surface area contributed by atoms with Crippen molar-refractivity contribution >= 4 is 17.5 Å². The number of rotatable bonds is 7. The van der Waals surface area contributed by atoms with E-state index in [1.807, 2.05) is 6.92 Å². The molecule has 0 aromatic heterocycles. The van der Waals surface area contributed by atoms with Crippen LogP contribution in [-0.4, -0.2) is 31.5 Å². The Hall–Kier alpha value is -2.24. The Morgan fingerprint density at radius 3 is 2.42 bits per heavy atom. The number of primary amides is 1. The van der Waals surface area contributed by atoms with Gasteiger partial charge in [0.15, 0.2) is 0 Å². The van der Waals surface area contributed by atoms with Crippen molar-refractivity contribution in [3.8, 4) is 5.75 Å². The predicted octanol–water partition coefficient (Wildman–Crippen LogP) is 0.487. The molecule has 6 nitrogen and oxygen atoms in total. The number of nitrogens with one attached hydrogen (secondary N) is 2. The maximum absolute atomic E-state index is 11.5. The first-order valence-corrected chi connectivity index (χ1v) is 6.03. The van der Waals surface area contributed by atoms with E-state index in [1.54, 1.807) is 31.4 Å². The highest BCUT2D eigenvalue weighted by molar-refractivity contribution is 5.89. The molecular formula is C13H19N3O3. The van der Waals surface area contributed by atoms with E-state index >= 15 is 0 Å². The fraction of sp³-hybridized carbons (Fsp3) is 0.385. The zero-order valence-electron chi connectivity index (χ0n) is 11.1. The molecule has 0 radical (unpaired) electrons. The van der Waals surface area contributed by atoms with E-state index in [0.29, 0.717) is 18.0 Å². The van der Waals surface area contributed by atoms with Gasteiger partial charge in [0.05, 0.1) is 13.5 Å². The molecule has 1 aromatic rings. The number of benzene rings is 1. The molecule has 0 saturated heterocycles. The number of ether oxygens (including phenoxy) is 1. The average Bonchev–Trinajstić information content (AvgIpc) is 2.39. The summed E-state index contributed by atoms with van der Waals surface area (Å²) in [5, 5.41) is 5.56. The highest BCUT2D eigenvalue weighted by Crippen LogP contribution is 2.16. The van der Waals surface area contributed by atoms with Gasteiger partial charge in [-0.2, -0.15) is 0 Å². The van der Waals surface area contributed by atoms with Crippen LogP contribution >= 0.6 is 0 Å². The number of amides is 2. The monoisotopic (exact) mass is 265 g/mol. The largest absolute Gasteiger partial charge is 0.497 e. The molecule has 0 aliphatic heterocycles. The van der Waals surface area contributed by atoms with Gasteiger partial charge in [-0.1, -0.05) is 0 Å². The quantitative estimate of drug-likeness (QED) is 0.668. The minimum Gasteiger partial charge on any atom is -0.497 e. The van der Waals surface area contributed by atoms with Crippen LogP contribution in [0, 0.1) is 0 Å². The molecule has 104 valence electrons. The zero-order valence-corrected chi connectivity index (χ0v) is 11.1. The first kappa shape index (κ1) is 14.8. The Kier molecular flexibility index (Phi) is 5.66. The maximum Gasteiger partial charge on any atom is 0.240 e. The number of hydrogen-bond donors (Lipinski definition) is 3. The fourth-order valence-corrected chi connectivity index (χ4v) is 1.57. The van der Waals surface area contributed by atoms with Gasteiger partial charge in [0.25, 0.3) is 0 Å². The van der Waals surface area contributed by atoms with Gasteiger partial charge in [-0.05, 0) is 31.2 Å². The smallest absolute Gasteiger partial charge is 0.240 e. The fourth-order valence-electron chi connectivity index (χ4n) is 1.57. The van der Waals surface area contributed by atoms with Crippen molar-refractivity contribution in [3.05, 3.63) is 24.3 Å². The van der Waals surface area contributed by atoms with Crippen molar-refractivity contribution in [2.75, 3.05) is 19.0 Å². The third kappa shape index (κ3) is 4.87. The molecule has 0 heterocycles. The molecule has 1 rings (SSSR count). The second-order valence-corrected chi connectivity index (χ2v) is 3.99. The molecule has 2 amide bonds. The van der Waals surface area contributed by atoms with Crippen LogP contribution in [0.15, 0.2) is 24.3 Å². The van der Waals surface area contributed by atoms with Gasteiger partial charge in [0.2, 0.25) is 11.8 Å². The molecule has 6 heteroatoms. The lowest BCUT2D eigenvalue weighted by molar-refractivity contribution is -0.125. The molecular weight excluding hydrogens is 246 g/mol. The molecule has 0 aliphatic rings. The van der Waals surface area contributed by atoms with Crippen LogP contribution in [-0.2, 0) is 9.59 Å². The molecule has 1 aromatic carbocycles. The summed E-state index contributed by atoms with van der Waals surface area (Å²) in [5.41, 5.74) is 5.98. The van der Waals surface area contributed by atoms with Gasteiger partial charge in [-0.25, -0.2) is 0 Å². The molecule has 1 unspecified atom stereocenters. The predicted molar refractivity (Wildman–Crippen MR) is 72.9 cm³/mol. The van der Waals surface area contributed by atoms with Crippen LogP contribution < -0.4 is 21.1 Å². The third-order valence-electron chi connectivity index (χ3n) is 2.54. The van der Waals surface area contributed by atoms with Crippen LogP contribution in [0.5, 0.6) is 5.75 Å². The lowest BCUT2D eigenvalue weighted by atomic mass is 10.1. The van der Waals surface area contributed by atoms with E-state index in [0.717, 1.165) is 0 Å². The zero-order chi connectivity index (χ0) is 14.3. The standard InChI is InChI=1S/C13H19N3O3/c1-3-15-12(17)8-11(13(14)18)16-9-4-6-10(19-2)7-5-9/h4-7,11,16H,3,8H2,1-2H3,(H2,14,18)(H,15,17). The van der Waals surface area contributed by atoms with E-state index in [-0.39, 0.29) is 12.3 Å². The second kappa shape index (κ2) is 7.25.